The van der Waals surface area contributed by atoms with Crippen LogP contribution >= 0.6 is 0 Å². The SMILES string of the molecule is COC(=O)OC(=O)N1CCCCC1. The molecule has 1 saturated heterocycles. The highest BCUT2D eigenvalue weighted by Crippen LogP contribution is 2.09. The minimum Gasteiger partial charge on any atom is -0.437 e. The van der Waals surface area contributed by atoms with Gasteiger partial charge in [-0.15, -0.1) is 0 Å². The summed E-state index contributed by atoms with van der Waals surface area (Å²) in [5.74, 6) is 0. The van der Waals surface area contributed by atoms with Crippen molar-refractivity contribution in [3.05, 3.63) is 0 Å². The summed E-state index contributed by atoms with van der Waals surface area (Å²) in [4.78, 5) is 23.3. The molecule has 0 aliphatic carbocycles. The quantitative estimate of drug-likeness (QED) is 0.424. The summed E-state index contributed by atoms with van der Waals surface area (Å²) in [6.45, 7) is 1.33. The summed E-state index contributed by atoms with van der Waals surface area (Å²) in [5.41, 5.74) is 0. The van der Waals surface area contributed by atoms with Gasteiger partial charge in [0.25, 0.3) is 0 Å². The first-order valence-corrected chi connectivity index (χ1v) is 4.28. The zero-order valence-corrected chi connectivity index (χ0v) is 7.62. The monoisotopic (exact) mass is 187 g/mol. The van der Waals surface area contributed by atoms with E-state index in [0.29, 0.717) is 13.1 Å². The number of likely N-dealkylation sites (tertiary alicyclic amines) is 1. The van der Waals surface area contributed by atoms with E-state index in [1.54, 1.807) is 0 Å². The van der Waals surface area contributed by atoms with Crippen molar-refractivity contribution < 1.29 is 19.1 Å². The van der Waals surface area contributed by atoms with E-state index in [1.807, 2.05) is 0 Å². The lowest BCUT2D eigenvalue weighted by molar-refractivity contribution is 0.0704. The van der Waals surface area contributed by atoms with E-state index in [2.05, 4.69) is 9.47 Å². The van der Waals surface area contributed by atoms with E-state index in [1.165, 1.54) is 12.0 Å². The summed E-state index contributed by atoms with van der Waals surface area (Å²) in [7, 11) is 1.17. The van der Waals surface area contributed by atoms with Crippen molar-refractivity contribution in [1.82, 2.24) is 4.90 Å². The zero-order valence-electron chi connectivity index (χ0n) is 7.62. The average molecular weight is 187 g/mol. The summed E-state index contributed by atoms with van der Waals surface area (Å²) in [6, 6.07) is 0. The molecule has 13 heavy (non-hydrogen) atoms. The van der Waals surface area contributed by atoms with Crippen LogP contribution in [-0.4, -0.2) is 37.3 Å². The lowest BCUT2D eigenvalue weighted by Crippen LogP contribution is -2.37. The minimum atomic E-state index is -0.949. The van der Waals surface area contributed by atoms with E-state index in [4.69, 9.17) is 0 Å². The van der Waals surface area contributed by atoms with Crippen LogP contribution in [0.4, 0.5) is 9.59 Å². The average Bonchev–Trinajstić information content (AvgIpc) is 2.19. The molecule has 1 aliphatic rings. The Morgan fingerprint density at radius 1 is 1.15 bits per heavy atom. The number of hydrogen-bond donors (Lipinski definition) is 0. The Labute approximate surface area is 76.6 Å². The number of nitrogens with zero attached hydrogens (tertiary/aromatic N) is 1. The topological polar surface area (TPSA) is 55.8 Å². The maximum Gasteiger partial charge on any atom is 0.517 e. The summed E-state index contributed by atoms with van der Waals surface area (Å²) in [6.07, 6.45) is 1.51. The maximum absolute atomic E-state index is 11.2. The van der Waals surface area contributed by atoms with Crippen molar-refractivity contribution in [1.29, 1.82) is 0 Å². The molecule has 0 radical (unpaired) electrons. The standard InChI is InChI=1S/C8H13NO4/c1-12-8(11)13-7(10)9-5-3-2-4-6-9/h2-6H2,1H3. The zero-order chi connectivity index (χ0) is 9.68. The lowest BCUT2D eigenvalue weighted by atomic mass is 10.1. The van der Waals surface area contributed by atoms with Crippen LogP contribution in [0.25, 0.3) is 0 Å². The Kier molecular flexibility index (Phi) is 3.54. The van der Waals surface area contributed by atoms with Gasteiger partial charge in [0, 0.05) is 13.1 Å². The first-order chi connectivity index (χ1) is 6.24. The smallest absolute Gasteiger partial charge is 0.437 e. The third-order valence-electron chi connectivity index (χ3n) is 1.95. The predicted molar refractivity (Wildman–Crippen MR) is 44.3 cm³/mol. The van der Waals surface area contributed by atoms with Gasteiger partial charge >= 0.3 is 12.2 Å². The van der Waals surface area contributed by atoms with Crippen LogP contribution in [-0.2, 0) is 9.47 Å². The molecule has 1 heterocycles. The van der Waals surface area contributed by atoms with Gasteiger partial charge in [0.2, 0.25) is 0 Å². The van der Waals surface area contributed by atoms with Gasteiger partial charge in [0.15, 0.2) is 0 Å². The number of methoxy groups -OCH3 is 1. The first-order valence-electron chi connectivity index (χ1n) is 4.28. The van der Waals surface area contributed by atoms with Crippen molar-refractivity contribution in [2.24, 2.45) is 0 Å². The van der Waals surface area contributed by atoms with Crippen LogP contribution in [0.3, 0.4) is 0 Å². The van der Waals surface area contributed by atoms with Crippen molar-refractivity contribution >= 4 is 12.2 Å². The molecule has 0 spiro atoms. The van der Waals surface area contributed by atoms with Crippen LogP contribution in [0.5, 0.6) is 0 Å². The normalized spacial score (nSPS) is 16.5. The highest BCUT2D eigenvalue weighted by molar-refractivity contribution is 5.80. The van der Waals surface area contributed by atoms with E-state index in [-0.39, 0.29) is 0 Å². The van der Waals surface area contributed by atoms with E-state index in [9.17, 15) is 9.59 Å². The van der Waals surface area contributed by atoms with Crippen molar-refractivity contribution in [2.75, 3.05) is 20.2 Å². The van der Waals surface area contributed by atoms with Crippen LogP contribution in [0.15, 0.2) is 0 Å². The van der Waals surface area contributed by atoms with E-state index < -0.39 is 12.2 Å². The Morgan fingerprint density at radius 3 is 2.31 bits per heavy atom. The molecule has 0 bridgehead atoms. The van der Waals surface area contributed by atoms with Crippen molar-refractivity contribution in [3.63, 3.8) is 0 Å². The molecular weight excluding hydrogens is 174 g/mol. The second-order valence-electron chi connectivity index (χ2n) is 2.87. The maximum atomic E-state index is 11.2. The first kappa shape index (κ1) is 9.83. The van der Waals surface area contributed by atoms with Crippen LogP contribution in [0, 0.1) is 0 Å². The summed E-state index contributed by atoms with van der Waals surface area (Å²) in [5, 5.41) is 0. The van der Waals surface area contributed by atoms with Gasteiger partial charge in [-0.05, 0) is 19.3 Å². The fraction of sp³-hybridized carbons (Fsp3) is 0.750. The second kappa shape index (κ2) is 4.69. The number of piperidine rings is 1. The fourth-order valence-electron chi connectivity index (χ4n) is 1.25. The second-order valence-corrected chi connectivity index (χ2v) is 2.87. The van der Waals surface area contributed by atoms with E-state index >= 15 is 0 Å². The lowest BCUT2D eigenvalue weighted by Gasteiger charge is -2.24. The van der Waals surface area contributed by atoms with Crippen LogP contribution < -0.4 is 0 Å². The number of ether oxygens (including phenoxy) is 2. The molecule has 0 N–H and O–H groups in total. The molecular formula is C8H13NO4. The molecule has 0 unspecified atom stereocenters. The Balaban J connectivity index is 2.33. The molecule has 74 valence electrons. The van der Waals surface area contributed by atoms with Crippen molar-refractivity contribution in [3.8, 4) is 0 Å². The molecule has 5 heteroatoms. The fourth-order valence-corrected chi connectivity index (χ4v) is 1.25. The van der Waals surface area contributed by atoms with Crippen molar-refractivity contribution in [2.45, 2.75) is 19.3 Å². The molecule has 0 aromatic rings. The number of hydrogen-bond acceptors (Lipinski definition) is 4. The molecule has 1 aliphatic heterocycles. The number of amides is 1. The predicted octanol–water partition coefficient (Wildman–Crippen LogP) is 1.38. The van der Waals surface area contributed by atoms with Gasteiger partial charge in [0.1, 0.15) is 0 Å². The molecule has 5 nitrogen and oxygen atoms in total. The highest BCUT2D eigenvalue weighted by Gasteiger charge is 2.20. The largest absolute Gasteiger partial charge is 0.517 e. The van der Waals surface area contributed by atoms with E-state index in [0.717, 1.165) is 19.3 Å². The van der Waals surface area contributed by atoms with Gasteiger partial charge in [-0.25, -0.2) is 9.59 Å². The molecule has 1 fully saturated rings. The molecule has 1 rings (SSSR count). The third kappa shape index (κ3) is 2.93. The molecule has 0 atom stereocenters. The molecule has 0 saturated carbocycles. The van der Waals surface area contributed by atoms with Gasteiger partial charge in [-0.1, -0.05) is 0 Å². The Morgan fingerprint density at radius 2 is 1.77 bits per heavy atom. The van der Waals surface area contributed by atoms with Crippen LogP contribution in [0.2, 0.25) is 0 Å². The number of carbonyl (C=O) groups excluding carboxylic acids is 2. The summed E-state index contributed by atoms with van der Waals surface area (Å²) >= 11 is 0. The Hall–Kier alpha value is -1.26. The molecule has 1 amide bonds. The van der Waals surface area contributed by atoms with Gasteiger partial charge < -0.3 is 14.4 Å². The van der Waals surface area contributed by atoms with Gasteiger partial charge in [-0.2, -0.15) is 0 Å². The molecule has 0 aromatic carbocycles. The third-order valence-corrected chi connectivity index (χ3v) is 1.95. The van der Waals surface area contributed by atoms with Crippen LogP contribution in [0.1, 0.15) is 19.3 Å². The molecule has 0 aromatic heterocycles. The number of rotatable bonds is 0. The Bertz CT molecular complexity index is 198. The summed E-state index contributed by atoms with van der Waals surface area (Å²) < 4.78 is 8.57. The van der Waals surface area contributed by atoms with Gasteiger partial charge in [0.05, 0.1) is 7.11 Å². The highest BCUT2D eigenvalue weighted by atomic mass is 16.7. The minimum absolute atomic E-state index is 0.605. The van der Waals surface area contributed by atoms with Gasteiger partial charge in [-0.3, -0.25) is 0 Å². The number of carbonyl (C=O) groups is 2.